The van der Waals surface area contributed by atoms with E-state index in [0.29, 0.717) is 10.7 Å². The van der Waals surface area contributed by atoms with Crippen molar-refractivity contribution < 1.29 is 15.0 Å². The van der Waals surface area contributed by atoms with Crippen molar-refractivity contribution in [3.8, 4) is 0 Å². The maximum Gasteiger partial charge on any atom is 0.303 e. The van der Waals surface area contributed by atoms with Gasteiger partial charge >= 0.3 is 5.97 Å². The van der Waals surface area contributed by atoms with Gasteiger partial charge in [-0.1, -0.05) is 17.7 Å². The van der Waals surface area contributed by atoms with Gasteiger partial charge in [-0.05, 0) is 18.1 Å². The van der Waals surface area contributed by atoms with Crippen LogP contribution >= 0.6 is 11.6 Å². The van der Waals surface area contributed by atoms with Crippen LogP contribution in [-0.4, -0.2) is 21.2 Å². The van der Waals surface area contributed by atoms with Crippen molar-refractivity contribution in [2.75, 3.05) is 0 Å². The second-order valence-electron chi connectivity index (χ2n) is 2.86. The molecule has 0 bridgehead atoms. The summed E-state index contributed by atoms with van der Waals surface area (Å²) in [5.41, 5.74) is 0.579. The summed E-state index contributed by atoms with van der Waals surface area (Å²) in [5, 5.41) is 18.3. The Morgan fingerprint density at radius 3 is 2.79 bits per heavy atom. The van der Waals surface area contributed by atoms with E-state index in [1.165, 1.54) is 6.20 Å². The van der Waals surface area contributed by atoms with E-state index in [4.69, 9.17) is 16.7 Å². The lowest BCUT2D eigenvalue weighted by atomic mass is 10.1. The van der Waals surface area contributed by atoms with Gasteiger partial charge in [0.2, 0.25) is 0 Å². The van der Waals surface area contributed by atoms with Crippen LogP contribution in [0.15, 0.2) is 18.3 Å². The summed E-state index contributed by atoms with van der Waals surface area (Å²) in [6, 6.07) is 3.18. The highest BCUT2D eigenvalue weighted by molar-refractivity contribution is 6.29. The summed E-state index contributed by atoms with van der Waals surface area (Å²) in [5.74, 6) is -0.925. The first-order chi connectivity index (χ1) is 6.59. The lowest BCUT2D eigenvalue weighted by Crippen LogP contribution is -2.02. The zero-order valence-electron chi connectivity index (χ0n) is 7.35. The fourth-order valence-corrected chi connectivity index (χ4v) is 1.12. The maximum absolute atomic E-state index is 10.2. The Morgan fingerprint density at radius 2 is 2.29 bits per heavy atom. The molecule has 1 aromatic heterocycles. The molecule has 0 amide bonds. The molecule has 2 N–H and O–H groups in total. The van der Waals surface area contributed by atoms with E-state index < -0.39 is 12.1 Å². The highest BCUT2D eigenvalue weighted by Gasteiger charge is 2.09. The molecule has 0 aliphatic carbocycles. The van der Waals surface area contributed by atoms with Gasteiger partial charge in [-0.2, -0.15) is 0 Å². The summed E-state index contributed by atoms with van der Waals surface area (Å²) in [6.07, 6.45) is 0.757. The molecular formula is C9H10ClNO3. The number of rotatable bonds is 4. The summed E-state index contributed by atoms with van der Waals surface area (Å²) in [6.45, 7) is 0. The monoisotopic (exact) mass is 215 g/mol. The number of carboxylic acid groups (broad SMARTS) is 1. The lowest BCUT2D eigenvalue weighted by Gasteiger charge is -2.08. The molecule has 0 saturated carbocycles. The molecule has 0 aliphatic heterocycles. The van der Waals surface area contributed by atoms with E-state index in [0.717, 1.165) is 0 Å². The van der Waals surface area contributed by atoms with Gasteiger partial charge in [0.1, 0.15) is 5.15 Å². The van der Waals surface area contributed by atoms with Crippen molar-refractivity contribution in [3.63, 3.8) is 0 Å². The van der Waals surface area contributed by atoms with Gasteiger partial charge in [0.15, 0.2) is 0 Å². The van der Waals surface area contributed by atoms with Gasteiger partial charge in [-0.25, -0.2) is 4.98 Å². The smallest absolute Gasteiger partial charge is 0.303 e. The number of nitrogens with zero attached hydrogens (tertiary/aromatic N) is 1. The van der Waals surface area contributed by atoms with Crippen molar-refractivity contribution in [1.82, 2.24) is 4.98 Å². The molecule has 4 nitrogen and oxygen atoms in total. The van der Waals surface area contributed by atoms with Crippen LogP contribution in [0.4, 0.5) is 0 Å². The molecule has 1 unspecified atom stereocenters. The number of hydrogen-bond donors (Lipinski definition) is 2. The van der Waals surface area contributed by atoms with Crippen molar-refractivity contribution in [3.05, 3.63) is 29.0 Å². The molecule has 5 heteroatoms. The molecule has 76 valence electrons. The summed E-state index contributed by atoms with van der Waals surface area (Å²) >= 11 is 5.56. The Balaban J connectivity index is 2.56. The van der Waals surface area contributed by atoms with Crippen molar-refractivity contribution >= 4 is 17.6 Å². The largest absolute Gasteiger partial charge is 0.481 e. The zero-order chi connectivity index (χ0) is 10.6. The van der Waals surface area contributed by atoms with Crippen LogP contribution in [0.5, 0.6) is 0 Å². The van der Waals surface area contributed by atoms with E-state index in [-0.39, 0.29) is 12.8 Å². The highest BCUT2D eigenvalue weighted by Crippen LogP contribution is 2.18. The van der Waals surface area contributed by atoms with Crippen LogP contribution in [0.1, 0.15) is 24.5 Å². The lowest BCUT2D eigenvalue weighted by molar-refractivity contribution is -0.137. The minimum Gasteiger partial charge on any atom is -0.481 e. The van der Waals surface area contributed by atoms with Gasteiger partial charge in [0, 0.05) is 12.6 Å². The molecule has 0 saturated heterocycles. The van der Waals surface area contributed by atoms with E-state index in [1.54, 1.807) is 12.1 Å². The molecule has 0 spiro atoms. The van der Waals surface area contributed by atoms with Gasteiger partial charge in [-0.3, -0.25) is 4.79 Å². The number of aliphatic hydroxyl groups is 1. The topological polar surface area (TPSA) is 70.4 Å². The Kier molecular flexibility index (Phi) is 3.85. The van der Waals surface area contributed by atoms with Crippen LogP contribution in [0.2, 0.25) is 5.15 Å². The number of hydrogen-bond acceptors (Lipinski definition) is 3. The molecule has 0 radical (unpaired) electrons. The van der Waals surface area contributed by atoms with Crippen LogP contribution in [-0.2, 0) is 4.79 Å². The predicted molar refractivity (Wildman–Crippen MR) is 51.1 cm³/mol. The second kappa shape index (κ2) is 4.93. The zero-order valence-corrected chi connectivity index (χ0v) is 8.11. The standard InChI is InChI=1S/C9H10ClNO3/c10-8-3-1-6(5-11-8)7(12)2-4-9(13)14/h1,3,5,7,12H,2,4H2,(H,13,14). The van der Waals surface area contributed by atoms with E-state index >= 15 is 0 Å². The normalized spacial score (nSPS) is 12.4. The highest BCUT2D eigenvalue weighted by atomic mass is 35.5. The van der Waals surface area contributed by atoms with Gasteiger partial charge in [0.05, 0.1) is 6.10 Å². The van der Waals surface area contributed by atoms with Gasteiger partial charge in [-0.15, -0.1) is 0 Å². The molecule has 1 atom stereocenters. The molecule has 14 heavy (non-hydrogen) atoms. The average molecular weight is 216 g/mol. The van der Waals surface area contributed by atoms with Gasteiger partial charge in [0.25, 0.3) is 0 Å². The van der Waals surface area contributed by atoms with Crippen LogP contribution < -0.4 is 0 Å². The molecule has 0 aromatic carbocycles. The van der Waals surface area contributed by atoms with E-state index in [9.17, 15) is 9.90 Å². The van der Waals surface area contributed by atoms with E-state index in [2.05, 4.69) is 4.98 Å². The average Bonchev–Trinajstić information content (AvgIpc) is 2.15. The van der Waals surface area contributed by atoms with Gasteiger partial charge < -0.3 is 10.2 Å². The van der Waals surface area contributed by atoms with Crippen molar-refractivity contribution in [2.45, 2.75) is 18.9 Å². The molecule has 0 fully saturated rings. The molecule has 1 rings (SSSR count). The number of pyridine rings is 1. The quantitative estimate of drug-likeness (QED) is 0.749. The first-order valence-corrected chi connectivity index (χ1v) is 4.48. The second-order valence-corrected chi connectivity index (χ2v) is 3.25. The molecule has 1 aromatic rings. The molecular weight excluding hydrogens is 206 g/mol. The fourth-order valence-electron chi connectivity index (χ4n) is 1.01. The Hall–Kier alpha value is -1.13. The minimum absolute atomic E-state index is 0.0657. The van der Waals surface area contributed by atoms with Crippen LogP contribution in [0.25, 0.3) is 0 Å². The maximum atomic E-state index is 10.2. The number of aliphatic hydroxyl groups excluding tert-OH is 1. The predicted octanol–water partition coefficient (Wildman–Crippen LogP) is 1.63. The van der Waals surface area contributed by atoms with Crippen LogP contribution in [0.3, 0.4) is 0 Å². The number of aromatic nitrogens is 1. The number of carboxylic acids is 1. The summed E-state index contributed by atoms with van der Waals surface area (Å²) in [7, 11) is 0. The SMILES string of the molecule is O=C(O)CCC(O)c1ccc(Cl)nc1. The number of aliphatic carboxylic acids is 1. The number of halogens is 1. The third-order valence-corrected chi connectivity index (χ3v) is 1.99. The fraction of sp³-hybridized carbons (Fsp3) is 0.333. The Morgan fingerprint density at radius 1 is 1.57 bits per heavy atom. The number of carbonyl (C=O) groups is 1. The van der Waals surface area contributed by atoms with Crippen molar-refractivity contribution in [2.24, 2.45) is 0 Å². The Bertz CT molecular complexity index is 312. The minimum atomic E-state index is -0.925. The van der Waals surface area contributed by atoms with E-state index in [1.807, 2.05) is 0 Å². The van der Waals surface area contributed by atoms with Crippen molar-refractivity contribution in [1.29, 1.82) is 0 Å². The molecule has 0 aliphatic rings. The van der Waals surface area contributed by atoms with Crippen LogP contribution in [0, 0.1) is 0 Å². The third kappa shape index (κ3) is 3.32. The summed E-state index contributed by atoms with van der Waals surface area (Å²) in [4.78, 5) is 14.0. The molecule has 1 heterocycles. The summed E-state index contributed by atoms with van der Waals surface area (Å²) < 4.78 is 0. The third-order valence-electron chi connectivity index (χ3n) is 1.77. The Labute approximate surface area is 86.2 Å². The first kappa shape index (κ1) is 10.9. The first-order valence-electron chi connectivity index (χ1n) is 4.11.